The maximum atomic E-state index is 12.6. The van der Waals surface area contributed by atoms with Crippen LogP contribution < -0.4 is 10.6 Å². The Kier molecular flexibility index (Phi) is 8.40. The number of thioether (sulfide) groups is 1. The summed E-state index contributed by atoms with van der Waals surface area (Å²) in [5.41, 5.74) is 3.26. The second-order valence-corrected chi connectivity index (χ2v) is 9.27. The first-order valence-electron chi connectivity index (χ1n) is 10.4. The Hall–Kier alpha value is -2.55. The number of hydrogen-bond acceptors (Lipinski definition) is 5. The maximum Gasteiger partial charge on any atom is 0.251 e. The molecule has 3 rings (SSSR count). The van der Waals surface area contributed by atoms with E-state index in [1.165, 1.54) is 17.8 Å². The molecule has 0 aliphatic rings. The highest BCUT2D eigenvalue weighted by molar-refractivity contribution is 7.99. The summed E-state index contributed by atoms with van der Waals surface area (Å²) in [5.74, 6) is 0.374. The van der Waals surface area contributed by atoms with E-state index in [4.69, 9.17) is 23.2 Å². The van der Waals surface area contributed by atoms with Crippen LogP contribution in [0.1, 0.15) is 47.2 Å². The molecule has 10 heteroatoms. The van der Waals surface area contributed by atoms with Gasteiger partial charge in [-0.1, -0.05) is 53.2 Å². The second kappa shape index (κ2) is 11.0. The largest absolute Gasteiger partial charge is 0.342 e. The van der Waals surface area contributed by atoms with Gasteiger partial charge >= 0.3 is 0 Å². The van der Waals surface area contributed by atoms with E-state index >= 15 is 0 Å². The Balaban J connectivity index is 1.65. The summed E-state index contributed by atoms with van der Waals surface area (Å²) in [6, 6.07) is 10.2. The number of aryl methyl sites for hydroxylation is 2. The number of amides is 2. The van der Waals surface area contributed by atoms with Gasteiger partial charge in [-0.2, -0.15) is 0 Å². The number of carbonyl (C=O) groups excluding carboxylic acids is 2. The van der Waals surface area contributed by atoms with Crippen LogP contribution in [0.2, 0.25) is 10.0 Å². The van der Waals surface area contributed by atoms with E-state index in [1.54, 1.807) is 12.1 Å². The Morgan fingerprint density at radius 2 is 1.79 bits per heavy atom. The molecule has 0 aliphatic heterocycles. The van der Waals surface area contributed by atoms with Crippen LogP contribution in [0.3, 0.4) is 0 Å². The van der Waals surface area contributed by atoms with Crippen LogP contribution in [0.5, 0.6) is 0 Å². The normalized spacial score (nSPS) is 11.8. The number of rotatable bonds is 8. The number of nitrogens with zero attached hydrogens (tertiary/aromatic N) is 3. The average molecular weight is 506 g/mol. The monoisotopic (exact) mass is 505 g/mol. The van der Waals surface area contributed by atoms with Gasteiger partial charge < -0.3 is 15.2 Å². The third-order valence-corrected chi connectivity index (χ3v) is 6.76. The van der Waals surface area contributed by atoms with Crippen molar-refractivity contribution in [3.8, 4) is 0 Å². The molecular formula is C23H25Cl2N5O2S. The van der Waals surface area contributed by atoms with Gasteiger partial charge in [-0.25, -0.2) is 0 Å². The van der Waals surface area contributed by atoms with Crippen LogP contribution in [-0.2, 0) is 11.3 Å². The maximum absolute atomic E-state index is 12.6. The van der Waals surface area contributed by atoms with Gasteiger partial charge in [0.05, 0.1) is 21.8 Å². The molecule has 2 aromatic carbocycles. The van der Waals surface area contributed by atoms with Crippen LogP contribution in [0.25, 0.3) is 0 Å². The molecule has 33 heavy (non-hydrogen) atoms. The molecule has 0 saturated heterocycles. The molecule has 0 bridgehead atoms. The lowest BCUT2D eigenvalue weighted by Crippen LogP contribution is -2.28. The van der Waals surface area contributed by atoms with E-state index in [-0.39, 0.29) is 17.6 Å². The number of aromatic nitrogens is 3. The van der Waals surface area contributed by atoms with E-state index < -0.39 is 6.04 Å². The van der Waals surface area contributed by atoms with E-state index in [9.17, 15) is 9.59 Å². The van der Waals surface area contributed by atoms with Crippen molar-refractivity contribution >= 4 is 52.5 Å². The fourth-order valence-corrected chi connectivity index (χ4v) is 4.43. The van der Waals surface area contributed by atoms with E-state index in [0.717, 1.165) is 16.8 Å². The first-order chi connectivity index (χ1) is 15.7. The molecule has 0 radical (unpaired) electrons. The first kappa shape index (κ1) is 25.1. The summed E-state index contributed by atoms with van der Waals surface area (Å²) in [7, 11) is 0. The lowest BCUT2D eigenvalue weighted by atomic mass is 10.1. The number of benzene rings is 2. The molecule has 7 nitrogen and oxygen atoms in total. The zero-order valence-electron chi connectivity index (χ0n) is 18.8. The summed E-state index contributed by atoms with van der Waals surface area (Å²) in [4.78, 5) is 25.1. The molecule has 3 aromatic rings. The fourth-order valence-electron chi connectivity index (χ4n) is 3.32. The van der Waals surface area contributed by atoms with Crippen LogP contribution >= 0.6 is 35.0 Å². The lowest BCUT2D eigenvalue weighted by Gasteiger charge is -2.15. The van der Waals surface area contributed by atoms with Crippen molar-refractivity contribution in [1.82, 2.24) is 20.1 Å². The van der Waals surface area contributed by atoms with Crippen LogP contribution in [-0.4, -0.2) is 32.3 Å². The highest BCUT2D eigenvalue weighted by atomic mass is 35.5. The molecule has 0 spiro atoms. The summed E-state index contributed by atoms with van der Waals surface area (Å²) >= 11 is 13.2. The minimum atomic E-state index is -0.405. The van der Waals surface area contributed by atoms with E-state index in [2.05, 4.69) is 20.8 Å². The predicted molar refractivity (Wildman–Crippen MR) is 133 cm³/mol. The number of nitrogens with one attached hydrogen (secondary N) is 2. The molecule has 0 unspecified atom stereocenters. The van der Waals surface area contributed by atoms with Gasteiger partial charge in [-0.3, -0.25) is 9.59 Å². The third-order valence-electron chi connectivity index (χ3n) is 5.06. The molecular weight excluding hydrogens is 481 g/mol. The quantitative estimate of drug-likeness (QED) is 0.397. The average Bonchev–Trinajstić information content (AvgIpc) is 3.20. The Bertz CT molecular complexity index is 1160. The van der Waals surface area contributed by atoms with Crippen molar-refractivity contribution in [3.63, 3.8) is 0 Å². The molecule has 174 valence electrons. The van der Waals surface area contributed by atoms with Crippen molar-refractivity contribution in [1.29, 1.82) is 0 Å². The zero-order chi connectivity index (χ0) is 24.1. The number of para-hydroxylation sites is 1. The van der Waals surface area contributed by atoms with Crippen molar-refractivity contribution in [2.45, 2.75) is 45.4 Å². The van der Waals surface area contributed by atoms with Gasteiger partial charge in [-0.15, -0.1) is 10.2 Å². The smallest absolute Gasteiger partial charge is 0.251 e. The third kappa shape index (κ3) is 6.07. The molecule has 0 saturated carbocycles. The fraction of sp³-hybridized carbons (Fsp3) is 0.304. The van der Waals surface area contributed by atoms with Crippen molar-refractivity contribution in [2.75, 3.05) is 11.1 Å². The van der Waals surface area contributed by atoms with E-state index in [0.29, 0.717) is 33.1 Å². The molecule has 0 aliphatic carbocycles. The number of halogens is 2. The molecule has 0 fully saturated rings. The van der Waals surface area contributed by atoms with Gasteiger partial charge in [0.2, 0.25) is 5.91 Å². The van der Waals surface area contributed by atoms with Gasteiger partial charge in [0, 0.05) is 17.8 Å². The van der Waals surface area contributed by atoms with Crippen LogP contribution in [0.15, 0.2) is 41.6 Å². The standard InChI is InChI=1S/C23H25Cl2N5O2S/c1-5-30-21(15(4)26-22(32)16-9-10-17(24)18(25)11-16)28-29-23(30)33-12-19(31)27-20-13(2)7-6-8-14(20)3/h6-11,15H,5,12H2,1-4H3,(H,26,32)(H,27,31)/t15-/m1/s1. The van der Waals surface area contributed by atoms with Crippen LogP contribution in [0, 0.1) is 13.8 Å². The van der Waals surface area contributed by atoms with Crippen LogP contribution in [0.4, 0.5) is 5.69 Å². The molecule has 1 aromatic heterocycles. The SMILES string of the molecule is CCn1c(SCC(=O)Nc2c(C)cccc2C)nnc1[C@@H](C)NC(=O)c1ccc(Cl)c(Cl)c1. The Morgan fingerprint density at radius 1 is 1.09 bits per heavy atom. The number of hydrogen-bond donors (Lipinski definition) is 2. The summed E-state index contributed by atoms with van der Waals surface area (Å²) in [6.45, 7) is 8.30. The first-order valence-corrected chi connectivity index (χ1v) is 12.1. The minimum Gasteiger partial charge on any atom is -0.342 e. The predicted octanol–water partition coefficient (Wildman–Crippen LogP) is 5.44. The Labute approximate surface area is 207 Å². The van der Waals surface area contributed by atoms with Gasteiger partial charge in [0.1, 0.15) is 0 Å². The van der Waals surface area contributed by atoms with Crippen molar-refractivity contribution < 1.29 is 9.59 Å². The highest BCUT2D eigenvalue weighted by Crippen LogP contribution is 2.25. The van der Waals surface area contributed by atoms with Gasteiger partial charge in [-0.05, 0) is 57.0 Å². The summed E-state index contributed by atoms with van der Waals surface area (Å²) < 4.78 is 1.89. The number of carbonyl (C=O) groups is 2. The molecule has 1 heterocycles. The topological polar surface area (TPSA) is 88.9 Å². The lowest BCUT2D eigenvalue weighted by molar-refractivity contribution is -0.113. The van der Waals surface area contributed by atoms with Crippen molar-refractivity contribution in [3.05, 3.63) is 69.0 Å². The molecule has 2 amide bonds. The van der Waals surface area contributed by atoms with E-state index in [1.807, 2.05) is 50.5 Å². The Morgan fingerprint density at radius 3 is 2.42 bits per heavy atom. The summed E-state index contributed by atoms with van der Waals surface area (Å²) in [6.07, 6.45) is 0. The van der Waals surface area contributed by atoms with Gasteiger partial charge in [0.15, 0.2) is 11.0 Å². The summed E-state index contributed by atoms with van der Waals surface area (Å²) in [5, 5.41) is 15.7. The van der Waals surface area contributed by atoms with Crippen molar-refractivity contribution in [2.24, 2.45) is 0 Å². The van der Waals surface area contributed by atoms with Gasteiger partial charge in [0.25, 0.3) is 5.91 Å². The molecule has 2 N–H and O–H groups in total. The minimum absolute atomic E-state index is 0.120. The second-order valence-electron chi connectivity index (χ2n) is 7.51. The number of anilines is 1. The highest BCUT2D eigenvalue weighted by Gasteiger charge is 2.21. The molecule has 1 atom stereocenters. The zero-order valence-corrected chi connectivity index (χ0v) is 21.1.